The van der Waals surface area contributed by atoms with Crippen LogP contribution in [0.15, 0.2) is 59.5 Å². The van der Waals surface area contributed by atoms with Gasteiger partial charge in [0.1, 0.15) is 5.15 Å². The Morgan fingerprint density at radius 3 is 2.53 bits per heavy atom. The van der Waals surface area contributed by atoms with Crippen LogP contribution >= 0.6 is 11.6 Å². The van der Waals surface area contributed by atoms with Gasteiger partial charge in [-0.1, -0.05) is 23.7 Å². The highest BCUT2D eigenvalue weighted by Crippen LogP contribution is 2.19. The molecule has 0 saturated carbocycles. The average Bonchev–Trinajstić information content (AvgIpc) is 2.78. The molecule has 1 aliphatic heterocycles. The first kappa shape index (κ1) is 20.7. The molecule has 1 N–H and O–H groups in total. The summed E-state index contributed by atoms with van der Waals surface area (Å²) in [5, 5.41) is 4.08. The van der Waals surface area contributed by atoms with Gasteiger partial charge in [0.2, 0.25) is 10.0 Å². The zero-order valence-electron chi connectivity index (χ0n) is 16.0. The fraction of sp³-hybridized carbons (Fsp3) is 0.238. The van der Waals surface area contributed by atoms with E-state index in [-0.39, 0.29) is 17.3 Å². The number of pyridine rings is 1. The van der Waals surface area contributed by atoms with Gasteiger partial charge in [0, 0.05) is 30.6 Å². The van der Waals surface area contributed by atoms with Crippen LogP contribution in [0.4, 0.5) is 0 Å². The van der Waals surface area contributed by atoms with Crippen LogP contribution in [0.3, 0.4) is 0 Å². The number of hydrogen-bond acceptors (Lipinski definition) is 5. The van der Waals surface area contributed by atoms with Crippen molar-refractivity contribution in [2.45, 2.75) is 11.4 Å². The smallest absolute Gasteiger partial charge is 0.251 e. The SMILES string of the molecule is O=C(NCc1ccc(S(=O)(=O)N2CCOCC2)cc1)c1ccc2nc(Cl)ccc2c1. The van der Waals surface area contributed by atoms with Gasteiger partial charge in [0.25, 0.3) is 5.91 Å². The Morgan fingerprint density at radius 1 is 1.07 bits per heavy atom. The zero-order valence-corrected chi connectivity index (χ0v) is 17.6. The maximum atomic E-state index is 12.7. The molecule has 30 heavy (non-hydrogen) atoms. The first-order chi connectivity index (χ1) is 14.4. The zero-order chi connectivity index (χ0) is 21.1. The Morgan fingerprint density at radius 2 is 1.80 bits per heavy atom. The summed E-state index contributed by atoms with van der Waals surface area (Å²) in [5.41, 5.74) is 2.03. The largest absolute Gasteiger partial charge is 0.379 e. The molecule has 0 unspecified atom stereocenters. The number of aromatic nitrogens is 1. The van der Waals surface area contributed by atoms with Gasteiger partial charge in [-0.2, -0.15) is 4.31 Å². The van der Waals surface area contributed by atoms with Gasteiger partial charge < -0.3 is 10.1 Å². The monoisotopic (exact) mass is 445 g/mol. The minimum atomic E-state index is -3.53. The Labute approximate surface area is 179 Å². The fourth-order valence-corrected chi connectivity index (χ4v) is 4.80. The standard InChI is InChI=1S/C21H20ClN3O4S/c22-20-8-4-16-13-17(3-7-19(16)24-20)21(26)23-14-15-1-5-18(6-2-15)30(27,28)25-9-11-29-12-10-25/h1-8,13H,9-12,14H2,(H,23,26). The third kappa shape index (κ3) is 4.46. The van der Waals surface area contributed by atoms with Crippen LogP contribution < -0.4 is 5.32 Å². The van der Waals surface area contributed by atoms with Crippen molar-refractivity contribution >= 4 is 38.4 Å². The second-order valence-corrected chi connectivity index (χ2v) is 9.21. The van der Waals surface area contributed by atoms with E-state index in [0.29, 0.717) is 37.0 Å². The lowest BCUT2D eigenvalue weighted by Gasteiger charge is -2.26. The molecule has 0 spiro atoms. The highest BCUT2D eigenvalue weighted by atomic mass is 35.5. The first-order valence-electron chi connectivity index (χ1n) is 9.45. The number of nitrogens with zero attached hydrogens (tertiary/aromatic N) is 2. The Balaban J connectivity index is 1.41. The molecule has 1 aliphatic rings. The summed E-state index contributed by atoms with van der Waals surface area (Å²) in [6, 6.07) is 15.2. The predicted octanol–water partition coefficient (Wildman–Crippen LogP) is 2.84. The Kier molecular flexibility index (Phi) is 6.01. The lowest BCUT2D eigenvalue weighted by Crippen LogP contribution is -2.40. The van der Waals surface area contributed by atoms with Crippen molar-refractivity contribution in [3.05, 3.63) is 70.9 Å². The molecule has 1 fully saturated rings. The molecule has 0 atom stereocenters. The molecule has 4 rings (SSSR count). The van der Waals surface area contributed by atoms with E-state index < -0.39 is 10.0 Å². The number of hydrogen-bond donors (Lipinski definition) is 1. The topological polar surface area (TPSA) is 88.6 Å². The molecule has 1 saturated heterocycles. The number of sulfonamides is 1. The van der Waals surface area contributed by atoms with Crippen LogP contribution in [0, 0.1) is 0 Å². The van der Waals surface area contributed by atoms with Gasteiger partial charge in [-0.25, -0.2) is 13.4 Å². The lowest BCUT2D eigenvalue weighted by molar-refractivity contribution is 0.0730. The molecule has 0 aliphatic carbocycles. The van der Waals surface area contributed by atoms with Crippen LogP contribution in [0.1, 0.15) is 15.9 Å². The number of benzene rings is 2. The van der Waals surface area contributed by atoms with Crippen molar-refractivity contribution in [2.24, 2.45) is 0 Å². The van der Waals surface area contributed by atoms with Crippen LogP contribution in [0.25, 0.3) is 10.9 Å². The quantitative estimate of drug-likeness (QED) is 0.610. The van der Waals surface area contributed by atoms with Crippen molar-refractivity contribution < 1.29 is 17.9 Å². The van der Waals surface area contributed by atoms with Gasteiger partial charge in [0.15, 0.2) is 0 Å². The van der Waals surface area contributed by atoms with E-state index in [1.807, 2.05) is 6.07 Å². The maximum absolute atomic E-state index is 12.7. The summed E-state index contributed by atoms with van der Waals surface area (Å²) in [4.78, 5) is 16.9. The van der Waals surface area contributed by atoms with Gasteiger partial charge in [0.05, 0.1) is 23.6 Å². The number of ether oxygens (including phenoxy) is 1. The van der Waals surface area contributed by atoms with Gasteiger partial charge in [-0.05, 0) is 48.0 Å². The van der Waals surface area contributed by atoms with E-state index >= 15 is 0 Å². The van der Waals surface area contributed by atoms with E-state index in [1.54, 1.807) is 48.5 Å². The third-order valence-electron chi connectivity index (χ3n) is 4.90. The van der Waals surface area contributed by atoms with E-state index in [0.717, 1.165) is 16.5 Å². The number of carbonyl (C=O) groups excluding carboxylic acids is 1. The normalized spacial score (nSPS) is 15.2. The first-order valence-corrected chi connectivity index (χ1v) is 11.3. The Bertz CT molecular complexity index is 1180. The minimum Gasteiger partial charge on any atom is -0.379 e. The summed E-state index contributed by atoms with van der Waals surface area (Å²) in [5.74, 6) is -0.225. The highest BCUT2D eigenvalue weighted by molar-refractivity contribution is 7.89. The molecule has 1 amide bonds. The lowest BCUT2D eigenvalue weighted by atomic mass is 10.1. The predicted molar refractivity (Wildman–Crippen MR) is 114 cm³/mol. The summed E-state index contributed by atoms with van der Waals surface area (Å²) < 4.78 is 32.0. The molecular formula is C21H20ClN3O4S. The van der Waals surface area contributed by atoms with Gasteiger partial charge >= 0.3 is 0 Å². The fourth-order valence-electron chi connectivity index (χ4n) is 3.24. The molecule has 156 valence electrons. The van der Waals surface area contributed by atoms with E-state index in [9.17, 15) is 13.2 Å². The molecule has 0 bridgehead atoms. The molecule has 7 nitrogen and oxygen atoms in total. The number of carbonyl (C=O) groups is 1. The van der Waals surface area contributed by atoms with Crippen molar-refractivity contribution in [2.75, 3.05) is 26.3 Å². The molecule has 2 aromatic carbocycles. The number of morpholine rings is 1. The number of halogens is 1. The number of fused-ring (bicyclic) bond motifs is 1. The van der Waals surface area contributed by atoms with Crippen LogP contribution in [-0.4, -0.2) is 49.9 Å². The summed E-state index contributed by atoms with van der Waals surface area (Å²) >= 11 is 5.89. The molecule has 0 radical (unpaired) electrons. The van der Waals surface area contributed by atoms with Crippen molar-refractivity contribution in [1.29, 1.82) is 0 Å². The average molecular weight is 446 g/mol. The molecule has 9 heteroatoms. The van der Waals surface area contributed by atoms with Crippen LogP contribution in [-0.2, 0) is 21.3 Å². The van der Waals surface area contributed by atoms with Crippen molar-refractivity contribution in [3.63, 3.8) is 0 Å². The Hall–Kier alpha value is -2.52. The highest BCUT2D eigenvalue weighted by Gasteiger charge is 2.26. The summed E-state index contributed by atoms with van der Waals surface area (Å²) in [7, 11) is -3.53. The van der Waals surface area contributed by atoms with Crippen LogP contribution in [0.5, 0.6) is 0 Å². The second-order valence-electron chi connectivity index (χ2n) is 6.88. The van der Waals surface area contributed by atoms with Crippen molar-refractivity contribution in [1.82, 2.24) is 14.6 Å². The molecular weight excluding hydrogens is 426 g/mol. The van der Waals surface area contributed by atoms with E-state index in [2.05, 4.69) is 10.3 Å². The molecule has 1 aromatic heterocycles. The minimum absolute atomic E-state index is 0.225. The maximum Gasteiger partial charge on any atom is 0.251 e. The van der Waals surface area contributed by atoms with Crippen LogP contribution in [0.2, 0.25) is 5.15 Å². The summed E-state index contributed by atoms with van der Waals surface area (Å²) in [6.45, 7) is 1.80. The van der Waals surface area contributed by atoms with E-state index in [4.69, 9.17) is 16.3 Å². The summed E-state index contributed by atoms with van der Waals surface area (Å²) in [6.07, 6.45) is 0. The number of amides is 1. The molecule has 2 heterocycles. The van der Waals surface area contributed by atoms with Gasteiger partial charge in [-0.15, -0.1) is 0 Å². The third-order valence-corrected chi connectivity index (χ3v) is 7.03. The second kappa shape index (κ2) is 8.69. The van der Waals surface area contributed by atoms with E-state index in [1.165, 1.54) is 4.31 Å². The number of nitrogens with one attached hydrogen (secondary N) is 1. The van der Waals surface area contributed by atoms with Crippen molar-refractivity contribution in [3.8, 4) is 0 Å². The molecule has 3 aromatic rings. The number of rotatable bonds is 5. The van der Waals surface area contributed by atoms with Gasteiger partial charge in [-0.3, -0.25) is 4.79 Å².